The van der Waals surface area contributed by atoms with Gasteiger partial charge in [-0.15, -0.1) is 11.3 Å². The number of carbonyl (C=O) groups excluding carboxylic acids is 4. The molecule has 5 rings (SSSR count). The molecule has 36 heavy (non-hydrogen) atoms. The molecule has 2 aromatic carbocycles. The van der Waals surface area contributed by atoms with Gasteiger partial charge in [0.15, 0.2) is 0 Å². The molecule has 1 atom stereocenters. The van der Waals surface area contributed by atoms with Crippen molar-refractivity contribution in [3.8, 4) is 22.1 Å². The third kappa shape index (κ3) is 4.07. The minimum absolute atomic E-state index is 0.0710. The second-order valence-corrected chi connectivity index (χ2v) is 9.34. The van der Waals surface area contributed by atoms with Crippen LogP contribution in [0.1, 0.15) is 38.4 Å². The van der Waals surface area contributed by atoms with Crippen molar-refractivity contribution in [1.29, 1.82) is 0 Å². The molecule has 2 N–H and O–H groups in total. The first-order chi connectivity index (χ1) is 17.4. The molecule has 1 saturated heterocycles. The Labute approximate surface area is 210 Å². The summed E-state index contributed by atoms with van der Waals surface area (Å²) in [6, 6.07) is 9.46. The van der Waals surface area contributed by atoms with Crippen molar-refractivity contribution in [3.05, 3.63) is 58.6 Å². The topological polar surface area (TPSA) is 127 Å². The van der Waals surface area contributed by atoms with Gasteiger partial charge in [0.25, 0.3) is 11.8 Å². The summed E-state index contributed by atoms with van der Waals surface area (Å²) in [4.78, 5) is 56.4. The average molecular weight is 507 g/mol. The number of carbonyl (C=O) groups is 4. The smallest absolute Gasteiger partial charge is 0.264 e. The summed E-state index contributed by atoms with van der Waals surface area (Å²) in [5, 5.41) is 6.20. The minimum Gasteiger partial charge on any atom is -0.497 e. The lowest BCUT2D eigenvalue weighted by atomic mass is 10.0. The summed E-state index contributed by atoms with van der Waals surface area (Å²) >= 11 is 1.47. The van der Waals surface area contributed by atoms with E-state index in [1.165, 1.54) is 11.3 Å². The van der Waals surface area contributed by atoms with Crippen molar-refractivity contribution in [1.82, 2.24) is 15.2 Å². The third-order valence-electron chi connectivity index (χ3n) is 6.11. The van der Waals surface area contributed by atoms with Crippen molar-refractivity contribution in [2.45, 2.75) is 25.4 Å². The highest BCUT2D eigenvalue weighted by molar-refractivity contribution is 7.15. The van der Waals surface area contributed by atoms with Crippen LogP contribution in [0.5, 0.6) is 11.5 Å². The molecule has 1 unspecified atom stereocenters. The predicted molar refractivity (Wildman–Crippen MR) is 131 cm³/mol. The Morgan fingerprint density at radius 1 is 1.08 bits per heavy atom. The first-order valence-corrected chi connectivity index (χ1v) is 12.0. The highest BCUT2D eigenvalue weighted by atomic mass is 32.1. The summed E-state index contributed by atoms with van der Waals surface area (Å²) in [5.41, 5.74) is 1.75. The molecule has 2 aliphatic rings. The molecular formula is C25H22N4O6S. The van der Waals surface area contributed by atoms with Crippen molar-refractivity contribution >= 4 is 40.7 Å². The fourth-order valence-electron chi connectivity index (χ4n) is 4.33. The van der Waals surface area contributed by atoms with E-state index in [-0.39, 0.29) is 24.0 Å². The summed E-state index contributed by atoms with van der Waals surface area (Å²) in [6.07, 6.45) is 1.92. The molecule has 184 valence electrons. The summed E-state index contributed by atoms with van der Waals surface area (Å²) in [7, 11) is 3.17. The van der Waals surface area contributed by atoms with Crippen LogP contribution in [0.3, 0.4) is 0 Å². The molecule has 4 amide bonds. The van der Waals surface area contributed by atoms with Crippen molar-refractivity contribution < 1.29 is 28.7 Å². The van der Waals surface area contributed by atoms with Gasteiger partial charge in [0.1, 0.15) is 22.5 Å². The fourth-order valence-corrected chi connectivity index (χ4v) is 5.22. The second kappa shape index (κ2) is 9.42. The number of piperidine rings is 1. The van der Waals surface area contributed by atoms with E-state index < -0.39 is 29.7 Å². The molecule has 3 heterocycles. The van der Waals surface area contributed by atoms with E-state index in [1.807, 2.05) is 12.1 Å². The maximum atomic E-state index is 13.2. The number of amides is 4. The Morgan fingerprint density at radius 2 is 1.92 bits per heavy atom. The van der Waals surface area contributed by atoms with E-state index in [0.29, 0.717) is 23.7 Å². The number of thiazole rings is 1. The molecule has 0 radical (unpaired) electrons. The lowest BCUT2D eigenvalue weighted by molar-refractivity contribution is -0.136. The standard InChI is InChI=1S/C25H22N4O6S/c1-34-13-6-7-15(19(10-13)35-2)23-27-12-14(36-23)11-26-17-5-3-4-16-21(17)25(33)29(24(16)32)18-8-9-20(30)28-22(18)31/h3-7,10,12,18,26H,8-9,11H2,1-2H3,(H,28,30,31). The number of ether oxygens (including phenoxy) is 2. The van der Waals surface area contributed by atoms with Crippen LogP contribution in [0.15, 0.2) is 42.6 Å². The number of nitrogens with zero attached hydrogens (tertiary/aromatic N) is 2. The molecule has 0 aliphatic carbocycles. The van der Waals surface area contributed by atoms with Crippen LogP contribution in [-0.4, -0.2) is 53.8 Å². The number of anilines is 1. The Kier molecular flexibility index (Phi) is 6.15. The highest BCUT2D eigenvalue weighted by Crippen LogP contribution is 2.36. The van der Waals surface area contributed by atoms with Crippen molar-refractivity contribution in [3.63, 3.8) is 0 Å². The Balaban J connectivity index is 1.35. The Bertz CT molecular complexity index is 1400. The first-order valence-electron chi connectivity index (χ1n) is 11.2. The fraction of sp³-hybridized carbons (Fsp3) is 0.240. The van der Waals surface area contributed by atoms with Gasteiger partial charge < -0.3 is 14.8 Å². The number of methoxy groups -OCH3 is 2. The van der Waals surface area contributed by atoms with Gasteiger partial charge in [0, 0.05) is 29.2 Å². The summed E-state index contributed by atoms with van der Waals surface area (Å²) in [6.45, 7) is 0.368. The van der Waals surface area contributed by atoms with Crippen LogP contribution in [0, 0.1) is 0 Å². The molecule has 0 saturated carbocycles. The average Bonchev–Trinajstić information content (AvgIpc) is 3.45. The number of fused-ring (bicyclic) bond motifs is 1. The molecule has 1 aromatic heterocycles. The SMILES string of the molecule is COc1ccc(-c2ncc(CNc3cccc4c3C(=O)N(C3CCC(=O)NC3=O)C4=O)s2)c(OC)c1. The van der Waals surface area contributed by atoms with Crippen LogP contribution in [0.25, 0.3) is 10.6 Å². The molecule has 0 spiro atoms. The Morgan fingerprint density at radius 3 is 2.67 bits per heavy atom. The number of hydrogen-bond donors (Lipinski definition) is 2. The van der Waals surface area contributed by atoms with E-state index in [1.54, 1.807) is 44.7 Å². The number of imide groups is 2. The van der Waals surface area contributed by atoms with E-state index in [2.05, 4.69) is 15.6 Å². The lowest BCUT2D eigenvalue weighted by Gasteiger charge is -2.27. The highest BCUT2D eigenvalue weighted by Gasteiger charge is 2.45. The summed E-state index contributed by atoms with van der Waals surface area (Å²) in [5.74, 6) is -0.826. The molecule has 10 nitrogen and oxygen atoms in total. The van der Waals surface area contributed by atoms with Crippen LogP contribution in [0.4, 0.5) is 5.69 Å². The van der Waals surface area contributed by atoms with Gasteiger partial charge in [-0.2, -0.15) is 0 Å². The number of aromatic nitrogens is 1. The lowest BCUT2D eigenvalue weighted by Crippen LogP contribution is -2.54. The zero-order valence-electron chi connectivity index (χ0n) is 19.5. The number of nitrogens with one attached hydrogen (secondary N) is 2. The molecule has 11 heteroatoms. The van der Waals surface area contributed by atoms with Crippen LogP contribution >= 0.6 is 11.3 Å². The van der Waals surface area contributed by atoms with Gasteiger partial charge in [-0.05, 0) is 30.7 Å². The minimum atomic E-state index is -1.01. The van der Waals surface area contributed by atoms with Gasteiger partial charge in [0.05, 0.1) is 37.5 Å². The van der Waals surface area contributed by atoms with Gasteiger partial charge in [0.2, 0.25) is 11.8 Å². The molecule has 0 bridgehead atoms. The first kappa shape index (κ1) is 23.5. The van der Waals surface area contributed by atoms with E-state index in [4.69, 9.17) is 9.47 Å². The van der Waals surface area contributed by atoms with E-state index >= 15 is 0 Å². The van der Waals surface area contributed by atoms with Crippen LogP contribution in [-0.2, 0) is 16.1 Å². The van der Waals surface area contributed by atoms with E-state index in [9.17, 15) is 19.2 Å². The van der Waals surface area contributed by atoms with Crippen LogP contribution in [0.2, 0.25) is 0 Å². The Hall–Kier alpha value is -4.25. The quantitative estimate of drug-likeness (QED) is 0.469. The summed E-state index contributed by atoms with van der Waals surface area (Å²) < 4.78 is 10.7. The predicted octanol–water partition coefficient (Wildman–Crippen LogP) is 2.84. The molecule has 1 fully saturated rings. The van der Waals surface area contributed by atoms with Crippen molar-refractivity contribution in [2.75, 3.05) is 19.5 Å². The normalized spacial score (nSPS) is 17.2. The van der Waals surface area contributed by atoms with E-state index in [0.717, 1.165) is 20.3 Å². The van der Waals surface area contributed by atoms with Crippen molar-refractivity contribution in [2.24, 2.45) is 0 Å². The van der Waals surface area contributed by atoms with Gasteiger partial charge in [-0.3, -0.25) is 29.4 Å². The monoisotopic (exact) mass is 506 g/mol. The second-order valence-electron chi connectivity index (χ2n) is 8.23. The third-order valence-corrected chi connectivity index (χ3v) is 7.14. The maximum absolute atomic E-state index is 13.2. The van der Waals surface area contributed by atoms with Gasteiger partial charge in [-0.25, -0.2) is 4.98 Å². The number of benzene rings is 2. The molecular weight excluding hydrogens is 484 g/mol. The largest absolute Gasteiger partial charge is 0.497 e. The number of rotatable bonds is 7. The molecule has 2 aliphatic heterocycles. The van der Waals surface area contributed by atoms with Crippen LogP contribution < -0.4 is 20.1 Å². The zero-order valence-corrected chi connectivity index (χ0v) is 20.3. The molecule has 3 aromatic rings. The zero-order chi connectivity index (χ0) is 25.4. The van der Waals surface area contributed by atoms with Gasteiger partial charge in [-0.1, -0.05) is 6.07 Å². The van der Waals surface area contributed by atoms with Gasteiger partial charge >= 0.3 is 0 Å². The maximum Gasteiger partial charge on any atom is 0.264 e. The number of hydrogen-bond acceptors (Lipinski definition) is 9.